The molecule has 0 amide bonds. The van der Waals surface area contributed by atoms with Gasteiger partial charge in [-0.05, 0) is 30.5 Å². The van der Waals surface area contributed by atoms with Crippen molar-refractivity contribution < 1.29 is 9.47 Å². The number of aryl methyl sites for hydroxylation is 1. The minimum Gasteiger partial charge on any atom is -0.489 e. The number of nitrogens with two attached hydrogens (primary N) is 1. The summed E-state index contributed by atoms with van der Waals surface area (Å²) >= 11 is 0. The van der Waals surface area contributed by atoms with Crippen molar-refractivity contribution in [3.63, 3.8) is 0 Å². The topological polar surface area (TPSA) is 70.3 Å². The molecular weight excluding hydrogens is 254 g/mol. The molecule has 1 heterocycles. The summed E-state index contributed by atoms with van der Waals surface area (Å²) in [5.41, 5.74) is 7.01. The summed E-state index contributed by atoms with van der Waals surface area (Å²) in [5.74, 6) is 1.63. The Balaban J connectivity index is 2.12. The summed E-state index contributed by atoms with van der Waals surface area (Å²) in [5, 5.41) is 0. The van der Waals surface area contributed by atoms with Crippen LogP contribution in [0.2, 0.25) is 0 Å². The predicted molar refractivity (Wildman–Crippen MR) is 78.1 cm³/mol. The maximum absolute atomic E-state index is 5.71. The summed E-state index contributed by atoms with van der Waals surface area (Å²) in [6, 6.07) is 7.95. The highest BCUT2D eigenvalue weighted by Crippen LogP contribution is 2.32. The van der Waals surface area contributed by atoms with E-state index in [0.717, 1.165) is 6.42 Å². The summed E-state index contributed by atoms with van der Waals surface area (Å²) < 4.78 is 10.8. The van der Waals surface area contributed by atoms with Crippen molar-refractivity contribution >= 4 is 5.82 Å². The molecule has 0 saturated heterocycles. The normalized spacial score (nSPS) is 10.3. The molecule has 0 spiro atoms. The van der Waals surface area contributed by atoms with Gasteiger partial charge in [0.1, 0.15) is 12.1 Å². The van der Waals surface area contributed by atoms with Crippen LogP contribution in [0, 0.1) is 0 Å². The van der Waals surface area contributed by atoms with Gasteiger partial charge in [-0.2, -0.15) is 4.98 Å². The van der Waals surface area contributed by atoms with Gasteiger partial charge in [0.25, 0.3) is 5.88 Å². The average Bonchev–Trinajstić information content (AvgIpc) is 2.47. The predicted octanol–water partition coefficient (Wildman–Crippen LogP) is 3.20. The van der Waals surface area contributed by atoms with Gasteiger partial charge in [0.2, 0.25) is 5.75 Å². The molecule has 0 unspecified atom stereocenters. The van der Waals surface area contributed by atoms with Crippen LogP contribution in [0.1, 0.15) is 25.3 Å². The molecule has 2 N–H and O–H groups in total. The van der Waals surface area contributed by atoms with Crippen LogP contribution in [-0.4, -0.2) is 17.1 Å². The largest absolute Gasteiger partial charge is 0.489 e. The highest BCUT2D eigenvalue weighted by Gasteiger charge is 2.11. The molecule has 1 aromatic carbocycles. The van der Waals surface area contributed by atoms with E-state index in [1.807, 2.05) is 12.1 Å². The molecule has 0 bridgehead atoms. The molecule has 5 heteroatoms. The number of rotatable bonds is 6. The number of methoxy groups -OCH3 is 1. The van der Waals surface area contributed by atoms with Crippen LogP contribution >= 0.6 is 0 Å². The maximum atomic E-state index is 5.71. The molecule has 1 aromatic heterocycles. The number of anilines is 1. The Morgan fingerprint density at radius 3 is 2.55 bits per heavy atom. The number of ether oxygens (including phenoxy) is 2. The van der Waals surface area contributed by atoms with Crippen molar-refractivity contribution in [3.05, 3.63) is 36.2 Å². The number of nitrogens with zero attached hydrogens (tertiary/aromatic N) is 2. The average molecular weight is 273 g/mol. The molecule has 0 fully saturated rings. The Hall–Kier alpha value is -2.30. The van der Waals surface area contributed by atoms with E-state index in [-0.39, 0.29) is 5.82 Å². The van der Waals surface area contributed by atoms with E-state index in [0.29, 0.717) is 17.4 Å². The van der Waals surface area contributed by atoms with Crippen molar-refractivity contribution in [2.75, 3.05) is 12.8 Å². The first-order valence-corrected chi connectivity index (χ1v) is 6.65. The van der Waals surface area contributed by atoms with E-state index < -0.39 is 0 Å². The standard InChI is InChI=1S/C15H19N3O2/c1-3-4-5-11-6-8-12(9-7-11)20-15-13(19-2)14(16)17-10-18-15/h6-10H,3-5H2,1-2H3,(H2,16,17,18). The van der Waals surface area contributed by atoms with Gasteiger partial charge in [-0.15, -0.1) is 0 Å². The van der Waals surface area contributed by atoms with Crippen LogP contribution < -0.4 is 15.2 Å². The lowest BCUT2D eigenvalue weighted by Gasteiger charge is -2.10. The second-order valence-electron chi connectivity index (χ2n) is 4.45. The monoisotopic (exact) mass is 273 g/mol. The van der Waals surface area contributed by atoms with Crippen LogP contribution in [-0.2, 0) is 6.42 Å². The summed E-state index contributed by atoms with van der Waals surface area (Å²) in [6.45, 7) is 2.18. The zero-order valence-corrected chi connectivity index (χ0v) is 11.8. The van der Waals surface area contributed by atoms with E-state index in [1.165, 1.54) is 31.8 Å². The summed E-state index contributed by atoms with van der Waals surface area (Å²) in [4.78, 5) is 7.90. The Kier molecular flexibility index (Phi) is 4.76. The third-order valence-corrected chi connectivity index (χ3v) is 2.96. The molecule has 5 nitrogen and oxygen atoms in total. The number of benzene rings is 1. The van der Waals surface area contributed by atoms with Crippen LogP contribution in [0.4, 0.5) is 5.82 Å². The minimum absolute atomic E-state index is 0.261. The fraction of sp³-hybridized carbons (Fsp3) is 0.333. The van der Waals surface area contributed by atoms with Gasteiger partial charge in [-0.1, -0.05) is 25.5 Å². The fourth-order valence-corrected chi connectivity index (χ4v) is 1.85. The molecule has 20 heavy (non-hydrogen) atoms. The Morgan fingerprint density at radius 2 is 1.90 bits per heavy atom. The number of hydrogen-bond acceptors (Lipinski definition) is 5. The Morgan fingerprint density at radius 1 is 1.15 bits per heavy atom. The third-order valence-electron chi connectivity index (χ3n) is 2.96. The quantitative estimate of drug-likeness (QED) is 0.875. The molecule has 0 aliphatic heterocycles. The SMILES string of the molecule is CCCCc1ccc(Oc2ncnc(N)c2OC)cc1. The van der Waals surface area contributed by atoms with E-state index in [1.54, 1.807) is 0 Å². The van der Waals surface area contributed by atoms with Gasteiger partial charge in [0.05, 0.1) is 7.11 Å². The Labute approximate surface area is 118 Å². The molecule has 0 aliphatic rings. The van der Waals surface area contributed by atoms with Crippen LogP contribution in [0.5, 0.6) is 17.4 Å². The zero-order chi connectivity index (χ0) is 14.4. The lowest BCUT2D eigenvalue weighted by molar-refractivity contribution is 0.369. The van der Waals surface area contributed by atoms with Crippen molar-refractivity contribution in [2.45, 2.75) is 26.2 Å². The smallest absolute Gasteiger partial charge is 0.268 e. The van der Waals surface area contributed by atoms with Gasteiger partial charge < -0.3 is 15.2 Å². The highest BCUT2D eigenvalue weighted by molar-refractivity contribution is 5.52. The zero-order valence-electron chi connectivity index (χ0n) is 11.8. The van der Waals surface area contributed by atoms with Gasteiger partial charge in [-0.3, -0.25) is 0 Å². The molecule has 0 aliphatic carbocycles. The van der Waals surface area contributed by atoms with Crippen molar-refractivity contribution in [2.24, 2.45) is 0 Å². The molecule has 2 aromatic rings. The molecular formula is C15H19N3O2. The first-order chi connectivity index (χ1) is 9.74. The second-order valence-corrected chi connectivity index (χ2v) is 4.45. The van der Waals surface area contributed by atoms with E-state index >= 15 is 0 Å². The summed E-state index contributed by atoms with van der Waals surface area (Å²) in [6.07, 6.45) is 4.81. The van der Waals surface area contributed by atoms with Gasteiger partial charge in [-0.25, -0.2) is 4.98 Å². The highest BCUT2D eigenvalue weighted by atomic mass is 16.5. The Bertz CT molecular complexity index is 556. The second kappa shape index (κ2) is 6.75. The first-order valence-electron chi connectivity index (χ1n) is 6.65. The number of nitrogen functional groups attached to an aromatic ring is 1. The molecule has 106 valence electrons. The molecule has 0 saturated carbocycles. The molecule has 2 rings (SSSR count). The van der Waals surface area contributed by atoms with Crippen molar-refractivity contribution in [3.8, 4) is 17.4 Å². The number of hydrogen-bond donors (Lipinski definition) is 1. The third kappa shape index (κ3) is 3.38. The lowest BCUT2D eigenvalue weighted by Crippen LogP contribution is -2.00. The van der Waals surface area contributed by atoms with Gasteiger partial charge >= 0.3 is 0 Å². The van der Waals surface area contributed by atoms with Gasteiger partial charge in [0.15, 0.2) is 5.82 Å². The summed E-state index contributed by atoms with van der Waals surface area (Å²) in [7, 11) is 1.51. The molecule has 0 atom stereocenters. The van der Waals surface area contributed by atoms with Crippen LogP contribution in [0.3, 0.4) is 0 Å². The first kappa shape index (κ1) is 14.1. The molecule has 0 radical (unpaired) electrons. The van der Waals surface area contributed by atoms with Crippen molar-refractivity contribution in [1.29, 1.82) is 0 Å². The maximum Gasteiger partial charge on any atom is 0.268 e. The number of aromatic nitrogens is 2. The fourth-order valence-electron chi connectivity index (χ4n) is 1.85. The lowest BCUT2D eigenvalue weighted by atomic mass is 10.1. The van der Waals surface area contributed by atoms with Gasteiger partial charge in [0, 0.05) is 0 Å². The van der Waals surface area contributed by atoms with Crippen LogP contribution in [0.15, 0.2) is 30.6 Å². The number of unbranched alkanes of at least 4 members (excludes halogenated alkanes) is 1. The minimum atomic E-state index is 0.261. The van der Waals surface area contributed by atoms with E-state index in [2.05, 4.69) is 29.0 Å². The van der Waals surface area contributed by atoms with Crippen molar-refractivity contribution in [1.82, 2.24) is 9.97 Å². The van der Waals surface area contributed by atoms with Crippen LogP contribution in [0.25, 0.3) is 0 Å². The van der Waals surface area contributed by atoms with E-state index in [9.17, 15) is 0 Å². The van der Waals surface area contributed by atoms with E-state index in [4.69, 9.17) is 15.2 Å².